The highest BCUT2D eigenvalue weighted by Crippen LogP contribution is 2.33. The molecule has 4 heterocycles. The molecule has 2 aliphatic rings. The number of aromatic nitrogens is 4. The number of anilines is 1. The summed E-state index contributed by atoms with van der Waals surface area (Å²) in [6, 6.07) is 14.9. The van der Waals surface area contributed by atoms with E-state index in [0.717, 1.165) is 54.3 Å². The van der Waals surface area contributed by atoms with Gasteiger partial charge in [-0.05, 0) is 68.1 Å². The quantitative estimate of drug-likeness (QED) is 0.363. The van der Waals surface area contributed by atoms with Gasteiger partial charge in [0.15, 0.2) is 0 Å². The first-order valence-corrected chi connectivity index (χ1v) is 12.7. The summed E-state index contributed by atoms with van der Waals surface area (Å²) in [5.74, 6) is 2.55. The highest BCUT2D eigenvalue weighted by atomic mass is 16.3. The van der Waals surface area contributed by atoms with Crippen LogP contribution in [0.15, 0.2) is 65.4 Å². The third kappa shape index (κ3) is 4.06. The van der Waals surface area contributed by atoms with E-state index in [1.165, 1.54) is 0 Å². The number of phenolic OH excluding ortho intramolecular Hbond substituents is 1. The second-order valence-electron chi connectivity index (χ2n) is 9.90. The molecule has 2 fully saturated rings. The van der Waals surface area contributed by atoms with E-state index in [0.29, 0.717) is 29.7 Å². The van der Waals surface area contributed by atoms with E-state index >= 15 is 0 Å². The van der Waals surface area contributed by atoms with Crippen molar-refractivity contribution in [2.45, 2.75) is 31.7 Å². The molecule has 2 aromatic carbocycles. The number of hydrogen-bond acceptors (Lipinski definition) is 7. The van der Waals surface area contributed by atoms with Crippen LogP contribution in [0.2, 0.25) is 0 Å². The third-order valence-electron chi connectivity index (χ3n) is 7.21. The van der Waals surface area contributed by atoms with Crippen molar-refractivity contribution in [3.8, 4) is 23.0 Å². The number of piperidine rings is 1. The summed E-state index contributed by atoms with van der Waals surface area (Å²) in [4.78, 5) is 28.8. The highest BCUT2D eigenvalue weighted by Gasteiger charge is 2.35. The van der Waals surface area contributed by atoms with Crippen molar-refractivity contribution in [3.05, 3.63) is 61.0 Å². The van der Waals surface area contributed by atoms with Gasteiger partial charge in [0, 0.05) is 48.3 Å². The van der Waals surface area contributed by atoms with Crippen LogP contribution in [0.3, 0.4) is 0 Å². The van der Waals surface area contributed by atoms with Gasteiger partial charge in [0.05, 0.1) is 17.3 Å². The fourth-order valence-corrected chi connectivity index (χ4v) is 5.21. The van der Waals surface area contributed by atoms with Crippen molar-refractivity contribution in [2.24, 2.45) is 5.92 Å². The molecular weight excluding hydrogens is 468 g/mol. The molecule has 0 unspecified atom stereocenters. The lowest BCUT2D eigenvalue weighted by molar-refractivity contribution is -0.133. The van der Waals surface area contributed by atoms with Gasteiger partial charge >= 0.3 is 0 Å². The number of likely N-dealkylation sites (tertiary alicyclic amines) is 1. The lowest BCUT2D eigenvalue weighted by atomic mass is 10.1. The minimum absolute atomic E-state index is 0.103. The molecule has 37 heavy (non-hydrogen) atoms. The molecule has 0 radical (unpaired) electrons. The number of hydrogen-bond donors (Lipinski definition) is 2. The smallest absolute Gasteiger partial charge is 0.225 e. The lowest BCUT2D eigenvalue weighted by Gasteiger charge is -2.33. The van der Waals surface area contributed by atoms with Gasteiger partial charge in [0.1, 0.15) is 23.0 Å². The van der Waals surface area contributed by atoms with Gasteiger partial charge in [-0.25, -0.2) is 9.97 Å². The topological polar surface area (TPSA) is 109 Å². The van der Waals surface area contributed by atoms with Crippen LogP contribution in [0.25, 0.3) is 39.2 Å². The Morgan fingerprint density at radius 2 is 1.97 bits per heavy atom. The molecule has 1 aliphatic heterocycles. The zero-order valence-electron chi connectivity index (χ0n) is 20.2. The van der Waals surface area contributed by atoms with Crippen LogP contribution < -0.4 is 5.32 Å². The van der Waals surface area contributed by atoms with Crippen LogP contribution in [0, 0.1) is 5.92 Å². The summed E-state index contributed by atoms with van der Waals surface area (Å²) in [6.45, 7) is 1.50. The summed E-state index contributed by atoms with van der Waals surface area (Å²) in [7, 11) is 0. The van der Waals surface area contributed by atoms with Gasteiger partial charge in [0.2, 0.25) is 11.9 Å². The lowest BCUT2D eigenvalue weighted by Crippen LogP contribution is -2.45. The Balaban J connectivity index is 1.25. The fourth-order valence-electron chi connectivity index (χ4n) is 5.21. The predicted molar refractivity (Wildman–Crippen MR) is 139 cm³/mol. The molecule has 5 aromatic rings. The van der Waals surface area contributed by atoms with Crippen LogP contribution in [0.5, 0.6) is 5.75 Å². The van der Waals surface area contributed by atoms with Crippen molar-refractivity contribution in [1.29, 1.82) is 0 Å². The minimum Gasteiger partial charge on any atom is -0.508 e. The number of nitrogens with one attached hydrogen (secondary N) is 1. The Morgan fingerprint density at radius 1 is 1.05 bits per heavy atom. The van der Waals surface area contributed by atoms with E-state index in [-0.39, 0.29) is 23.6 Å². The Morgan fingerprint density at radius 3 is 2.86 bits per heavy atom. The summed E-state index contributed by atoms with van der Waals surface area (Å²) in [5, 5.41) is 14.5. The summed E-state index contributed by atoms with van der Waals surface area (Å²) >= 11 is 0. The second kappa shape index (κ2) is 8.62. The first-order chi connectivity index (χ1) is 18.1. The number of rotatable bonds is 5. The molecule has 9 heteroatoms. The highest BCUT2D eigenvalue weighted by molar-refractivity contribution is 5.87. The van der Waals surface area contributed by atoms with E-state index < -0.39 is 0 Å². The molecule has 1 atom stereocenters. The summed E-state index contributed by atoms with van der Waals surface area (Å²) < 4.78 is 7.49. The van der Waals surface area contributed by atoms with Crippen LogP contribution >= 0.6 is 0 Å². The molecule has 3 aromatic heterocycles. The van der Waals surface area contributed by atoms with Gasteiger partial charge in [0.25, 0.3) is 0 Å². The van der Waals surface area contributed by atoms with Crippen molar-refractivity contribution < 1.29 is 14.3 Å². The number of benzene rings is 2. The van der Waals surface area contributed by atoms with Gasteiger partial charge in [-0.2, -0.15) is 4.98 Å². The number of nitrogens with zero attached hydrogens (tertiary/aromatic N) is 5. The van der Waals surface area contributed by atoms with Crippen molar-refractivity contribution in [3.63, 3.8) is 0 Å². The maximum Gasteiger partial charge on any atom is 0.225 e. The fraction of sp³-hybridized carbons (Fsp3) is 0.286. The van der Waals surface area contributed by atoms with Crippen LogP contribution in [0.1, 0.15) is 25.7 Å². The second-order valence-corrected chi connectivity index (χ2v) is 9.90. The molecule has 7 rings (SSSR count). The third-order valence-corrected chi connectivity index (χ3v) is 7.21. The van der Waals surface area contributed by atoms with Crippen LogP contribution in [-0.4, -0.2) is 54.6 Å². The number of aromatic hydroxyl groups is 1. The van der Waals surface area contributed by atoms with E-state index in [1.54, 1.807) is 24.6 Å². The number of furan rings is 1. The standard InChI is InChI=1S/C28H26N6O3/c35-21-6-7-23-22(15-21)31-26(19-5-8-24-18(14-19)10-13-37-24)34(23)25-9-11-29-28(32-25)30-20-2-1-12-33(16-20)27(36)17-3-4-17/h5-11,13-15,17,20,35H,1-4,12,16H2,(H,29,30,32)/t20-/m0/s1. The number of fused-ring (bicyclic) bond motifs is 2. The van der Waals surface area contributed by atoms with Gasteiger partial charge in [-0.3, -0.25) is 9.36 Å². The molecule has 1 saturated heterocycles. The van der Waals surface area contributed by atoms with Gasteiger partial charge in [-0.1, -0.05) is 0 Å². The largest absolute Gasteiger partial charge is 0.508 e. The van der Waals surface area contributed by atoms with Crippen molar-refractivity contribution >= 4 is 33.9 Å². The first kappa shape index (κ1) is 21.8. The van der Waals surface area contributed by atoms with E-state index in [1.807, 2.05) is 45.9 Å². The minimum atomic E-state index is 0.103. The number of phenols is 1. The molecular formula is C28H26N6O3. The Hall–Kier alpha value is -4.40. The van der Waals surface area contributed by atoms with Crippen LogP contribution in [-0.2, 0) is 4.79 Å². The summed E-state index contributed by atoms with van der Waals surface area (Å²) in [6.07, 6.45) is 7.37. The van der Waals surface area contributed by atoms with Gasteiger partial charge in [-0.15, -0.1) is 0 Å². The predicted octanol–water partition coefficient (Wildman–Crippen LogP) is 4.75. The zero-order chi connectivity index (χ0) is 24.9. The number of amides is 1. The average molecular weight is 495 g/mol. The Bertz CT molecular complexity index is 1640. The SMILES string of the molecule is O=C(C1CC1)N1CCC[C@H](Nc2nccc(-n3c(-c4ccc5occc5c4)nc4cc(O)ccc43)n2)C1. The molecule has 186 valence electrons. The maximum absolute atomic E-state index is 12.6. The molecule has 1 aliphatic carbocycles. The van der Waals surface area contributed by atoms with Gasteiger partial charge < -0.3 is 19.7 Å². The van der Waals surface area contributed by atoms with Crippen molar-refractivity contribution in [2.75, 3.05) is 18.4 Å². The summed E-state index contributed by atoms with van der Waals surface area (Å²) in [5.41, 5.74) is 3.19. The number of imidazole rings is 1. The molecule has 1 amide bonds. The molecule has 0 spiro atoms. The maximum atomic E-state index is 12.6. The average Bonchev–Trinajstić information content (AvgIpc) is 3.54. The number of carbonyl (C=O) groups is 1. The van der Waals surface area contributed by atoms with E-state index in [2.05, 4.69) is 10.3 Å². The Kier molecular flexibility index (Phi) is 5.09. The van der Waals surface area contributed by atoms with Crippen LogP contribution in [0.4, 0.5) is 5.95 Å². The molecule has 0 bridgehead atoms. The monoisotopic (exact) mass is 494 g/mol. The molecule has 2 N–H and O–H groups in total. The first-order valence-electron chi connectivity index (χ1n) is 12.7. The van der Waals surface area contributed by atoms with Crippen molar-refractivity contribution in [1.82, 2.24) is 24.4 Å². The van der Waals surface area contributed by atoms with E-state index in [4.69, 9.17) is 14.4 Å². The normalized spacial score (nSPS) is 17.9. The molecule has 9 nitrogen and oxygen atoms in total. The molecule has 1 saturated carbocycles. The van der Waals surface area contributed by atoms with E-state index in [9.17, 15) is 9.90 Å². The zero-order valence-corrected chi connectivity index (χ0v) is 20.2. The number of carbonyl (C=O) groups excluding carboxylic acids is 1. The Labute approximate surface area is 212 Å².